The molecule has 1 aromatic carbocycles. The summed E-state index contributed by atoms with van der Waals surface area (Å²) in [7, 11) is 0. The van der Waals surface area contributed by atoms with Gasteiger partial charge in [0.2, 0.25) is 0 Å². The summed E-state index contributed by atoms with van der Waals surface area (Å²) in [5.41, 5.74) is 2.47. The van der Waals surface area contributed by atoms with E-state index >= 15 is 0 Å². The minimum atomic E-state index is -1.18. The first-order chi connectivity index (χ1) is 22.3. The lowest BCUT2D eigenvalue weighted by atomic mass is 9.79. The molecule has 1 atom stereocenters. The molecule has 11 nitrogen and oxygen atoms in total. The molecule has 2 amide bonds. The Bertz CT molecular complexity index is 1410. The Morgan fingerprint density at radius 3 is 2.49 bits per heavy atom. The zero-order chi connectivity index (χ0) is 33.8. The highest BCUT2D eigenvalue weighted by Gasteiger charge is 2.51. The van der Waals surface area contributed by atoms with E-state index in [2.05, 4.69) is 36.6 Å². The van der Waals surface area contributed by atoms with Crippen LogP contribution in [0.15, 0.2) is 36.4 Å². The average Bonchev–Trinajstić information content (AvgIpc) is 2.97. The molecule has 3 N–H and O–H groups in total. The molecule has 2 fully saturated rings. The van der Waals surface area contributed by atoms with E-state index in [0.717, 1.165) is 67.7 Å². The maximum absolute atomic E-state index is 13.1. The largest absolute Gasteiger partial charge is 0.480 e. The number of carbonyl (C=O) groups excluding carboxylic acids is 2. The van der Waals surface area contributed by atoms with Crippen LogP contribution in [-0.2, 0) is 37.4 Å². The van der Waals surface area contributed by atoms with E-state index in [0.29, 0.717) is 11.8 Å². The fourth-order valence-corrected chi connectivity index (χ4v) is 6.37. The molecule has 11 heteroatoms. The number of pyridine rings is 1. The topological polar surface area (TPSA) is 139 Å². The molecule has 1 saturated carbocycles. The third kappa shape index (κ3) is 8.94. The third-order valence-electron chi connectivity index (χ3n) is 9.24. The number of nitrogens with one attached hydrogen (secondary N) is 2. The van der Waals surface area contributed by atoms with Crippen LogP contribution in [0.3, 0.4) is 0 Å². The van der Waals surface area contributed by atoms with Crippen LogP contribution < -0.4 is 10.6 Å². The molecule has 1 saturated heterocycles. The summed E-state index contributed by atoms with van der Waals surface area (Å²) in [5, 5.41) is 15.7. The van der Waals surface area contributed by atoms with E-state index in [-0.39, 0.29) is 32.2 Å². The molecule has 256 valence electrons. The number of amides is 2. The highest BCUT2D eigenvalue weighted by atomic mass is 16.6. The van der Waals surface area contributed by atoms with E-state index in [1.54, 1.807) is 20.8 Å². The first-order valence-corrected chi connectivity index (χ1v) is 17.0. The quantitative estimate of drug-likeness (QED) is 0.252. The zero-order valence-corrected chi connectivity index (χ0v) is 28.3. The van der Waals surface area contributed by atoms with E-state index in [9.17, 15) is 19.5 Å². The summed E-state index contributed by atoms with van der Waals surface area (Å²) in [6, 6.07) is 10.9. The number of fused-ring (bicyclic) bond motifs is 1. The number of carbonyl (C=O) groups is 3. The standard InChI is InChI=1S/C36H50N4O7/c1-23(2)25-9-12-27(13-10-25)36(21-40(22-36)34(44)47-35(3,4)5)46-33(43)39-30(32(41)42)16-18-45-29-19-24(20-29)8-14-28-15-11-26-7-6-17-37-31(26)38-28/h9-13,15,23-24,29-30H,6-8,14,16-22H2,1-5H3,(H,37,38)(H,39,43)(H,41,42)/t24-,29-,30?. The van der Waals surface area contributed by atoms with Gasteiger partial charge in [-0.15, -0.1) is 0 Å². The summed E-state index contributed by atoms with van der Waals surface area (Å²) in [4.78, 5) is 44.1. The second-order valence-corrected chi connectivity index (χ2v) is 14.5. The SMILES string of the molecule is CC(C)c1ccc(C2(OC(=O)NC(CCO[C@H]3C[C@H](CCc4ccc5c(n4)NCCC5)C3)C(=O)O)CN(C(=O)OC(C)(C)C)C2)cc1. The number of rotatable bonds is 12. The Morgan fingerprint density at radius 2 is 1.83 bits per heavy atom. The summed E-state index contributed by atoms with van der Waals surface area (Å²) < 4.78 is 17.4. The Kier molecular flexibility index (Phi) is 10.6. The van der Waals surface area contributed by atoms with Gasteiger partial charge in [0, 0.05) is 25.3 Å². The van der Waals surface area contributed by atoms with Crippen molar-refractivity contribution < 1.29 is 33.7 Å². The van der Waals surface area contributed by atoms with Gasteiger partial charge in [-0.25, -0.2) is 19.4 Å². The van der Waals surface area contributed by atoms with E-state index in [4.69, 9.17) is 19.2 Å². The molecule has 2 aliphatic heterocycles. The maximum Gasteiger partial charge on any atom is 0.410 e. The van der Waals surface area contributed by atoms with Crippen LogP contribution in [0.4, 0.5) is 15.4 Å². The number of nitrogens with zero attached hydrogens (tertiary/aromatic N) is 2. The number of hydrogen-bond acceptors (Lipinski definition) is 8. The van der Waals surface area contributed by atoms with Crippen LogP contribution in [0, 0.1) is 5.92 Å². The van der Waals surface area contributed by atoms with Gasteiger partial charge in [-0.3, -0.25) is 4.90 Å². The second-order valence-electron chi connectivity index (χ2n) is 14.5. The van der Waals surface area contributed by atoms with Gasteiger partial charge in [0.25, 0.3) is 0 Å². The van der Waals surface area contributed by atoms with Crippen LogP contribution in [-0.4, -0.2) is 77.1 Å². The summed E-state index contributed by atoms with van der Waals surface area (Å²) in [6.45, 7) is 10.9. The van der Waals surface area contributed by atoms with Crippen molar-refractivity contribution in [2.45, 2.75) is 109 Å². The minimum absolute atomic E-state index is 0.0884. The first kappa shape index (κ1) is 34.5. The summed E-state index contributed by atoms with van der Waals surface area (Å²) >= 11 is 0. The van der Waals surface area contributed by atoms with Crippen LogP contribution in [0.2, 0.25) is 0 Å². The number of carboxylic acid groups (broad SMARTS) is 1. The normalized spacial score (nSPS) is 20.6. The molecule has 0 radical (unpaired) electrons. The smallest absolute Gasteiger partial charge is 0.410 e. The number of ether oxygens (including phenoxy) is 3. The van der Waals surface area contributed by atoms with Crippen molar-refractivity contribution in [2.75, 3.05) is 31.6 Å². The average molecular weight is 651 g/mol. The number of alkyl carbamates (subject to hydrolysis) is 1. The van der Waals surface area contributed by atoms with Gasteiger partial charge in [0.15, 0.2) is 5.60 Å². The van der Waals surface area contributed by atoms with Crippen LogP contribution >= 0.6 is 0 Å². The van der Waals surface area contributed by atoms with Crippen LogP contribution in [0.25, 0.3) is 0 Å². The van der Waals surface area contributed by atoms with Crippen molar-refractivity contribution >= 4 is 24.0 Å². The number of aromatic nitrogens is 1. The molecular weight excluding hydrogens is 600 g/mol. The summed E-state index contributed by atoms with van der Waals surface area (Å²) in [6.07, 6.45) is 4.91. The third-order valence-corrected chi connectivity index (χ3v) is 9.24. The summed E-state index contributed by atoms with van der Waals surface area (Å²) in [5.74, 6) is 0.744. The molecule has 3 aliphatic rings. The Hall–Kier alpha value is -3.86. The fourth-order valence-electron chi connectivity index (χ4n) is 6.37. The van der Waals surface area contributed by atoms with Gasteiger partial charge in [-0.05, 0) is 93.9 Å². The fraction of sp³-hybridized carbons (Fsp3) is 0.611. The number of benzene rings is 1. The lowest BCUT2D eigenvalue weighted by molar-refractivity contribution is -0.141. The van der Waals surface area contributed by atoms with E-state index in [1.807, 2.05) is 24.3 Å². The molecule has 1 unspecified atom stereocenters. The molecule has 47 heavy (non-hydrogen) atoms. The van der Waals surface area contributed by atoms with Crippen molar-refractivity contribution in [3.05, 3.63) is 58.8 Å². The maximum atomic E-state index is 13.1. The predicted molar refractivity (Wildman–Crippen MR) is 178 cm³/mol. The number of aliphatic carboxylic acids is 1. The van der Waals surface area contributed by atoms with Crippen LogP contribution in [0.5, 0.6) is 0 Å². The van der Waals surface area contributed by atoms with Crippen molar-refractivity contribution in [1.29, 1.82) is 0 Å². The lowest BCUT2D eigenvalue weighted by Gasteiger charge is -2.49. The molecule has 3 heterocycles. The molecule has 5 rings (SSSR count). The Labute approximate surface area is 277 Å². The Morgan fingerprint density at radius 1 is 1.11 bits per heavy atom. The molecule has 1 aromatic heterocycles. The van der Waals surface area contributed by atoms with Gasteiger partial charge in [0.1, 0.15) is 17.5 Å². The van der Waals surface area contributed by atoms with Gasteiger partial charge in [-0.1, -0.05) is 44.2 Å². The van der Waals surface area contributed by atoms with Gasteiger partial charge in [0.05, 0.1) is 19.2 Å². The molecule has 0 spiro atoms. The van der Waals surface area contributed by atoms with Gasteiger partial charge >= 0.3 is 18.2 Å². The van der Waals surface area contributed by atoms with Crippen molar-refractivity contribution in [3.63, 3.8) is 0 Å². The van der Waals surface area contributed by atoms with E-state index < -0.39 is 35.4 Å². The zero-order valence-electron chi connectivity index (χ0n) is 28.3. The number of carboxylic acids is 1. The molecule has 0 bridgehead atoms. The van der Waals surface area contributed by atoms with E-state index in [1.165, 1.54) is 10.5 Å². The predicted octanol–water partition coefficient (Wildman–Crippen LogP) is 6.01. The lowest BCUT2D eigenvalue weighted by Crippen LogP contribution is -2.64. The molecule has 2 aromatic rings. The first-order valence-electron chi connectivity index (χ1n) is 17.0. The number of hydrogen-bond donors (Lipinski definition) is 3. The minimum Gasteiger partial charge on any atom is -0.480 e. The molecular formula is C36H50N4O7. The second kappa shape index (κ2) is 14.5. The number of anilines is 1. The number of aryl methyl sites for hydroxylation is 2. The molecule has 1 aliphatic carbocycles. The van der Waals surface area contributed by atoms with Crippen LogP contribution in [0.1, 0.15) is 95.0 Å². The highest BCUT2D eigenvalue weighted by molar-refractivity contribution is 5.80. The number of likely N-dealkylation sites (tertiary alicyclic amines) is 1. The highest BCUT2D eigenvalue weighted by Crippen LogP contribution is 2.38. The van der Waals surface area contributed by atoms with Crippen molar-refractivity contribution in [2.24, 2.45) is 5.92 Å². The van der Waals surface area contributed by atoms with Crippen molar-refractivity contribution in [3.8, 4) is 0 Å². The van der Waals surface area contributed by atoms with Gasteiger partial charge < -0.3 is 30.0 Å². The Balaban J connectivity index is 1.08. The van der Waals surface area contributed by atoms with Gasteiger partial charge in [-0.2, -0.15) is 0 Å². The monoisotopic (exact) mass is 650 g/mol. The van der Waals surface area contributed by atoms with Crippen molar-refractivity contribution in [1.82, 2.24) is 15.2 Å².